The number of hydrogen-bond acceptors (Lipinski definition) is 7. The summed E-state index contributed by atoms with van der Waals surface area (Å²) in [5.74, 6) is -0.504. The molecule has 10 nitrogen and oxygen atoms in total. The average molecular weight is 660 g/mol. The van der Waals surface area contributed by atoms with E-state index in [-0.39, 0.29) is 42.8 Å². The maximum absolute atomic E-state index is 14.5. The predicted octanol–water partition coefficient (Wildman–Crippen LogP) is 7.28. The Labute approximate surface area is 279 Å². The van der Waals surface area contributed by atoms with Crippen LogP contribution in [0.5, 0.6) is 17.4 Å². The Morgan fingerprint density at radius 2 is 1.44 bits per heavy atom. The number of aromatic nitrogens is 1. The molecule has 0 N–H and O–H groups in total. The van der Waals surface area contributed by atoms with Crippen molar-refractivity contribution in [3.63, 3.8) is 0 Å². The molecule has 0 aliphatic carbocycles. The molecule has 0 spiro atoms. The van der Waals surface area contributed by atoms with Gasteiger partial charge in [-0.1, -0.05) is 24.3 Å². The fraction of sp³-hybridized carbons (Fsp3) is 0.378. The Hall–Kier alpha value is -5.06. The quantitative estimate of drug-likeness (QED) is 0.192. The molecule has 2 heterocycles. The first kappa shape index (κ1) is 34.3. The summed E-state index contributed by atoms with van der Waals surface area (Å²) in [6.07, 6.45) is -0.431. The Balaban J connectivity index is 1.58. The summed E-state index contributed by atoms with van der Waals surface area (Å²) in [7, 11) is 0. The smallest absolute Gasteiger partial charge is 0.410 e. The molecule has 4 aromatic rings. The molecular formula is C37H42FN3O7. The van der Waals surface area contributed by atoms with Crippen molar-refractivity contribution >= 4 is 28.9 Å². The topological polar surface area (TPSA) is 99.5 Å². The van der Waals surface area contributed by atoms with E-state index in [0.29, 0.717) is 41.0 Å². The highest BCUT2D eigenvalue weighted by atomic mass is 19.1. The zero-order valence-electron chi connectivity index (χ0n) is 28.5. The fourth-order valence-corrected chi connectivity index (χ4v) is 5.35. The first-order valence-corrected chi connectivity index (χ1v) is 15.9. The molecule has 1 aliphatic heterocycles. The monoisotopic (exact) mass is 659 g/mol. The van der Waals surface area contributed by atoms with Crippen molar-refractivity contribution in [2.75, 3.05) is 32.8 Å². The zero-order chi connectivity index (χ0) is 34.8. The molecule has 1 fully saturated rings. The van der Waals surface area contributed by atoms with E-state index in [0.717, 1.165) is 0 Å². The SMILES string of the molecule is Cc1ccc(F)cc1Oc1c(C(=O)N2CCN(C(=O)OC(C)(C)C)CC2)c2ccc(OCC(=O)OC(C)(C)C)cc2n1-c1ccccc1. The third kappa shape index (κ3) is 8.07. The van der Waals surface area contributed by atoms with E-state index in [4.69, 9.17) is 18.9 Å². The first-order chi connectivity index (χ1) is 22.6. The van der Waals surface area contributed by atoms with Crippen LogP contribution in [0.15, 0.2) is 66.7 Å². The van der Waals surface area contributed by atoms with Gasteiger partial charge in [-0.2, -0.15) is 0 Å². The predicted molar refractivity (Wildman–Crippen MR) is 180 cm³/mol. The van der Waals surface area contributed by atoms with Crippen molar-refractivity contribution in [3.8, 4) is 23.1 Å². The number of amides is 2. The van der Waals surface area contributed by atoms with Crippen molar-refractivity contribution in [1.29, 1.82) is 0 Å². The Bertz CT molecular complexity index is 1810. The molecule has 0 atom stereocenters. The van der Waals surface area contributed by atoms with Gasteiger partial charge in [0.1, 0.15) is 34.1 Å². The van der Waals surface area contributed by atoms with Crippen molar-refractivity contribution in [1.82, 2.24) is 14.4 Å². The molecule has 5 rings (SSSR count). The number of ether oxygens (including phenoxy) is 4. The van der Waals surface area contributed by atoms with Crippen LogP contribution in [-0.2, 0) is 14.3 Å². The van der Waals surface area contributed by atoms with Crippen molar-refractivity contribution in [3.05, 3.63) is 83.7 Å². The number of para-hydroxylation sites is 1. The number of esters is 1. The van der Waals surface area contributed by atoms with Crippen molar-refractivity contribution in [2.45, 2.75) is 59.7 Å². The number of hydrogen-bond donors (Lipinski definition) is 0. The normalized spacial score (nSPS) is 13.8. The van der Waals surface area contributed by atoms with Crippen LogP contribution < -0.4 is 9.47 Å². The van der Waals surface area contributed by atoms with E-state index in [2.05, 4.69) is 0 Å². The van der Waals surface area contributed by atoms with Crippen LogP contribution in [0.2, 0.25) is 0 Å². The standard InChI is InChI=1S/C37H42FN3O7/c1-24-13-14-25(38)21-30(24)46-34-32(33(43)39-17-19-40(20-18-39)35(44)48-37(5,6)7)28-16-15-27(45-23-31(42)47-36(2,3)4)22-29(28)41(34)26-11-9-8-10-12-26/h8-16,21-22H,17-20,23H2,1-7H3. The summed E-state index contributed by atoms with van der Waals surface area (Å²) in [6.45, 7) is 13.4. The minimum Gasteiger partial charge on any atom is -0.482 e. The maximum atomic E-state index is 14.5. The Morgan fingerprint density at radius 3 is 2.08 bits per heavy atom. The molecule has 0 saturated carbocycles. The molecule has 254 valence electrons. The van der Waals surface area contributed by atoms with Gasteiger partial charge in [0.25, 0.3) is 5.91 Å². The lowest BCUT2D eigenvalue weighted by Crippen LogP contribution is -2.51. The number of halogens is 1. The van der Waals surface area contributed by atoms with Crippen LogP contribution in [0, 0.1) is 12.7 Å². The summed E-state index contributed by atoms with van der Waals surface area (Å²) >= 11 is 0. The molecule has 0 bridgehead atoms. The number of nitrogens with zero attached hydrogens (tertiary/aromatic N) is 3. The largest absolute Gasteiger partial charge is 0.482 e. The number of carbonyl (C=O) groups excluding carboxylic acids is 3. The summed E-state index contributed by atoms with van der Waals surface area (Å²) in [5, 5.41) is 0.562. The minimum absolute atomic E-state index is 0.189. The molecule has 2 amide bonds. The van der Waals surface area contributed by atoms with Gasteiger partial charge < -0.3 is 28.7 Å². The number of fused-ring (bicyclic) bond motifs is 1. The van der Waals surface area contributed by atoms with Gasteiger partial charge in [0.15, 0.2) is 6.61 Å². The second-order valence-electron chi connectivity index (χ2n) is 13.7. The first-order valence-electron chi connectivity index (χ1n) is 15.9. The van der Waals surface area contributed by atoms with E-state index in [1.807, 2.05) is 51.1 Å². The van der Waals surface area contributed by atoms with Gasteiger partial charge in [-0.15, -0.1) is 0 Å². The molecule has 1 aliphatic rings. The molecule has 1 saturated heterocycles. The van der Waals surface area contributed by atoms with Gasteiger partial charge in [0.2, 0.25) is 5.88 Å². The number of benzene rings is 3. The van der Waals surface area contributed by atoms with Crippen LogP contribution in [0.3, 0.4) is 0 Å². The number of piperazine rings is 1. The summed E-state index contributed by atoms with van der Waals surface area (Å²) in [5.41, 5.74) is 0.891. The van der Waals surface area contributed by atoms with Gasteiger partial charge in [0, 0.05) is 49.4 Å². The van der Waals surface area contributed by atoms with Crippen LogP contribution in [-0.4, -0.2) is 76.3 Å². The average Bonchev–Trinajstić information content (AvgIpc) is 3.33. The van der Waals surface area contributed by atoms with Crippen molar-refractivity contribution < 1.29 is 37.7 Å². The molecule has 0 radical (unpaired) electrons. The van der Waals surface area contributed by atoms with Crippen LogP contribution in [0.1, 0.15) is 57.5 Å². The van der Waals surface area contributed by atoms with Crippen molar-refractivity contribution in [2.24, 2.45) is 0 Å². The summed E-state index contributed by atoms with van der Waals surface area (Å²) < 4.78 is 39.5. The van der Waals surface area contributed by atoms with Gasteiger partial charge in [-0.3, -0.25) is 9.36 Å². The van der Waals surface area contributed by atoms with Gasteiger partial charge in [-0.25, -0.2) is 14.0 Å². The van der Waals surface area contributed by atoms with Crippen LogP contribution in [0.25, 0.3) is 16.6 Å². The number of carbonyl (C=O) groups is 3. The second kappa shape index (κ2) is 13.6. The minimum atomic E-state index is -0.665. The van der Waals surface area contributed by atoms with E-state index < -0.39 is 29.1 Å². The number of rotatable bonds is 7. The lowest BCUT2D eigenvalue weighted by molar-refractivity contribution is -0.157. The highest BCUT2D eigenvalue weighted by Crippen LogP contribution is 2.41. The molecule has 48 heavy (non-hydrogen) atoms. The van der Waals surface area contributed by atoms with E-state index in [1.54, 1.807) is 66.3 Å². The molecular weight excluding hydrogens is 617 g/mol. The van der Waals surface area contributed by atoms with Crippen LogP contribution in [0.4, 0.5) is 9.18 Å². The third-order valence-corrected chi connectivity index (χ3v) is 7.48. The lowest BCUT2D eigenvalue weighted by Gasteiger charge is -2.35. The molecule has 3 aromatic carbocycles. The Morgan fingerprint density at radius 1 is 0.792 bits per heavy atom. The highest BCUT2D eigenvalue weighted by molar-refractivity contribution is 6.10. The molecule has 1 aromatic heterocycles. The fourth-order valence-electron chi connectivity index (χ4n) is 5.35. The maximum Gasteiger partial charge on any atom is 0.410 e. The van der Waals surface area contributed by atoms with Gasteiger partial charge in [-0.05, 0) is 84.4 Å². The second-order valence-corrected chi connectivity index (χ2v) is 13.7. The summed E-state index contributed by atoms with van der Waals surface area (Å²) in [4.78, 5) is 42.9. The van der Waals surface area contributed by atoms with E-state index >= 15 is 0 Å². The summed E-state index contributed by atoms with van der Waals surface area (Å²) in [6, 6.07) is 18.7. The van der Waals surface area contributed by atoms with Crippen LogP contribution >= 0.6 is 0 Å². The molecule has 0 unspecified atom stereocenters. The van der Waals surface area contributed by atoms with Gasteiger partial charge >= 0.3 is 12.1 Å². The van der Waals surface area contributed by atoms with E-state index in [1.165, 1.54) is 12.1 Å². The highest BCUT2D eigenvalue weighted by Gasteiger charge is 2.33. The van der Waals surface area contributed by atoms with Gasteiger partial charge in [0.05, 0.1) is 5.52 Å². The van der Waals surface area contributed by atoms with E-state index in [9.17, 15) is 18.8 Å². The molecule has 11 heteroatoms. The lowest BCUT2D eigenvalue weighted by atomic mass is 10.1. The zero-order valence-corrected chi connectivity index (χ0v) is 28.5. The Kier molecular flexibility index (Phi) is 9.70. The third-order valence-electron chi connectivity index (χ3n) is 7.48. The number of aryl methyl sites for hydroxylation is 1.